The first-order chi connectivity index (χ1) is 19.2. The van der Waals surface area contributed by atoms with Gasteiger partial charge in [-0.3, -0.25) is 9.78 Å². The van der Waals surface area contributed by atoms with Gasteiger partial charge in [-0.05, 0) is 64.9 Å². The molecule has 5 rings (SSSR count). The van der Waals surface area contributed by atoms with Crippen LogP contribution >= 0.6 is 0 Å². The van der Waals surface area contributed by atoms with Gasteiger partial charge in [-0.15, -0.1) is 0 Å². The van der Waals surface area contributed by atoms with Gasteiger partial charge in [0.2, 0.25) is 0 Å². The van der Waals surface area contributed by atoms with Crippen LogP contribution in [-0.4, -0.2) is 16.1 Å². The molecule has 1 N–H and O–H groups in total. The van der Waals surface area contributed by atoms with Gasteiger partial charge < -0.3 is 9.84 Å². The van der Waals surface area contributed by atoms with E-state index < -0.39 is 17.7 Å². The van der Waals surface area contributed by atoms with Crippen LogP contribution in [-0.2, 0) is 23.8 Å². The third kappa shape index (κ3) is 5.99. The Balaban J connectivity index is 1.54. The van der Waals surface area contributed by atoms with Crippen LogP contribution in [0.1, 0.15) is 40.8 Å². The summed E-state index contributed by atoms with van der Waals surface area (Å²) in [4.78, 5) is 15.2. The highest BCUT2D eigenvalue weighted by atomic mass is 19.4. The monoisotopic (exact) mass is 541 g/mol. The van der Waals surface area contributed by atoms with Gasteiger partial charge in [0.05, 0.1) is 17.5 Å². The van der Waals surface area contributed by atoms with Crippen LogP contribution in [0, 0.1) is 0 Å². The van der Waals surface area contributed by atoms with E-state index in [0.717, 1.165) is 28.3 Å². The number of hydrogen-bond acceptors (Lipinski definition) is 3. The number of fused-ring (bicyclic) bond motifs is 1. The predicted octanol–water partition coefficient (Wildman–Crippen LogP) is 8.28. The highest BCUT2D eigenvalue weighted by Crippen LogP contribution is 2.40. The number of benzene rings is 4. The maximum absolute atomic E-state index is 13.9. The van der Waals surface area contributed by atoms with Crippen LogP contribution in [0.5, 0.6) is 5.75 Å². The van der Waals surface area contributed by atoms with E-state index in [1.807, 2.05) is 67.6 Å². The zero-order valence-electron chi connectivity index (χ0n) is 21.7. The fraction of sp³-hybridized carbons (Fsp3) is 0.152. The Labute approximate surface area is 229 Å². The highest BCUT2D eigenvalue weighted by Gasteiger charge is 2.33. The number of aromatic nitrogens is 1. The summed E-state index contributed by atoms with van der Waals surface area (Å²) in [5.74, 6) is -0.339. The molecule has 0 spiro atoms. The second kappa shape index (κ2) is 11.2. The zero-order chi connectivity index (χ0) is 28.3. The van der Waals surface area contributed by atoms with Crippen LogP contribution < -0.4 is 4.74 Å². The molecule has 202 valence electrons. The minimum atomic E-state index is -4.54. The average Bonchev–Trinajstić information content (AvgIpc) is 2.93. The molecule has 1 unspecified atom stereocenters. The van der Waals surface area contributed by atoms with Gasteiger partial charge in [-0.1, -0.05) is 78.9 Å². The second-order valence-corrected chi connectivity index (χ2v) is 9.62. The maximum atomic E-state index is 13.9. The Bertz CT molecular complexity index is 1650. The first-order valence-electron chi connectivity index (χ1n) is 12.8. The Kier molecular flexibility index (Phi) is 7.56. The molecule has 0 aliphatic carbocycles. The number of carboxylic acid groups (broad SMARTS) is 1. The molecule has 0 bridgehead atoms. The number of aliphatic carboxylic acids is 1. The molecule has 0 saturated heterocycles. The van der Waals surface area contributed by atoms with Crippen molar-refractivity contribution in [1.29, 1.82) is 0 Å². The summed E-state index contributed by atoms with van der Waals surface area (Å²) >= 11 is 0. The third-order valence-electron chi connectivity index (χ3n) is 6.76. The molecule has 0 saturated carbocycles. The molecule has 5 aromatic rings. The molecule has 0 radical (unpaired) electrons. The van der Waals surface area contributed by atoms with Crippen molar-refractivity contribution in [2.24, 2.45) is 0 Å². The number of carboxylic acids is 1. The number of halogens is 3. The van der Waals surface area contributed by atoms with Gasteiger partial charge in [0.15, 0.2) is 0 Å². The molecule has 40 heavy (non-hydrogen) atoms. The van der Waals surface area contributed by atoms with Gasteiger partial charge in [0.1, 0.15) is 11.9 Å². The van der Waals surface area contributed by atoms with Crippen LogP contribution in [0.15, 0.2) is 103 Å². The SMILES string of the molecule is CC(Oc1cccc(-c2c(Cc3ccccc3)cnc3c(C(F)(F)F)cccc23)c1)c1ccc(CC(=O)O)cc1. The van der Waals surface area contributed by atoms with Crippen LogP contribution in [0.4, 0.5) is 13.2 Å². The van der Waals surface area contributed by atoms with Crippen LogP contribution in [0.25, 0.3) is 22.0 Å². The Morgan fingerprint density at radius 3 is 2.33 bits per heavy atom. The van der Waals surface area contributed by atoms with Gasteiger partial charge >= 0.3 is 12.1 Å². The lowest BCUT2D eigenvalue weighted by molar-refractivity contribution is -0.137. The van der Waals surface area contributed by atoms with Crippen molar-refractivity contribution in [3.05, 3.63) is 131 Å². The van der Waals surface area contributed by atoms with Gasteiger partial charge in [-0.25, -0.2) is 0 Å². The number of rotatable bonds is 8. The summed E-state index contributed by atoms with van der Waals surface area (Å²) in [6.45, 7) is 1.89. The van der Waals surface area contributed by atoms with E-state index in [9.17, 15) is 18.0 Å². The summed E-state index contributed by atoms with van der Waals surface area (Å²) in [6, 6.07) is 28.4. The largest absolute Gasteiger partial charge is 0.486 e. The van der Waals surface area contributed by atoms with Crippen molar-refractivity contribution in [3.8, 4) is 16.9 Å². The lowest BCUT2D eigenvalue weighted by Crippen LogP contribution is -2.07. The summed E-state index contributed by atoms with van der Waals surface area (Å²) in [5, 5.41) is 9.42. The molecule has 7 heteroatoms. The zero-order valence-corrected chi connectivity index (χ0v) is 21.7. The number of hydrogen-bond donors (Lipinski definition) is 1. The predicted molar refractivity (Wildman–Crippen MR) is 148 cm³/mol. The van der Waals surface area contributed by atoms with Gasteiger partial charge in [0.25, 0.3) is 0 Å². The van der Waals surface area contributed by atoms with Gasteiger partial charge in [-0.2, -0.15) is 13.2 Å². The Morgan fingerprint density at radius 2 is 1.62 bits per heavy atom. The summed E-state index contributed by atoms with van der Waals surface area (Å²) in [7, 11) is 0. The van der Waals surface area contributed by atoms with Crippen LogP contribution in [0.2, 0.25) is 0 Å². The smallest absolute Gasteiger partial charge is 0.418 e. The van der Waals surface area contributed by atoms with Crippen molar-refractivity contribution in [2.45, 2.75) is 32.0 Å². The number of pyridine rings is 1. The summed E-state index contributed by atoms with van der Waals surface area (Å²) in [6.07, 6.45) is -2.90. The topological polar surface area (TPSA) is 59.4 Å². The van der Waals surface area contributed by atoms with E-state index >= 15 is 0 Å². The first kappa shape index (κ1) is 26.9. The number of alkyl halides is 3. The summed E-state index contributed by atoms with van der Waals surface area (Å²) in [5.41, 5.74) is 3.91. The van der Waals surface area contributed by atoms with Crippen LogP contribution in [0.3, 0.4) is 0 Å². The van der Waals surface area contributed by atoms with E-state index in [1.165, 1.54) is 12.3 Å². The molecular weight excluding hydrogens is 515 g/mol. The maximum Gasteiger partial charge on any atom is 0.418 e. The first-order valence-corrected chi connectivity index (χ1v) is 12.8. The molecule has 0 aliphatic rings. The van der Waals surface area contributed by atoms with Gasteiger partial charge in [0, 0.05) is 11.6 Å². The summed E-state index contributed by atoms with van der Waals surface area (Å²) < 4.78 is 47.8. The lowest BCUT2D eigenvalue weighted by Gasteiger charge is -2.19. The van der Waals surface area contributed by atoms with Crippen molar-refractivity contribution < 1.29 is 27.8 Å². The number of ether oxygens (including phenoxy) is 1. The Hall–Kier alpha value is -4.65. The third-order valence-corrected chi connectivity index (χ3v) is 6.76. The molecule has 0 amide bonds. The minimum Gasteiger partial charge on any atom is -0.486 e. The number of nitrogens with zero attached hydrogens (tertiary/aromatic N) is 1. The Morgan fingerprint density at radius 1 is 0.900 bits per heavy atom. The standard InChI is InChI=1S/C33H26F3NO3/c1-21(24-15-13-23(14-16-24)18-30(38)39)40-27-10-5-9-25(19-27)31-26(17-22-7-3-2-4-8-22)20-37-32-28(31)11-6-12-29(32)33(34,35)36/h2-16,19-21H,17-18H2,1H3,(H,38,39). The second-order valence-electron chi connectivity index (χ2n) is 9.62. The molecule has 0 fully saturated rings. The molecule has 0 aliphatic heterocycles. The quantitative estimate of drug-likeness (QED) is 0.215. The van der Waals surface area contributed by atoms with Crippen molar-refractivity contribution in [1.82, 2.24) is 4.98 Å². The van der Waals surface area contributed by atoms with E-state index in [-0.39, 0.29) is 18.0 Å². The van der Waals surface area contributed by atoms with E-state index in [0.29, 0.717) is 28.7 Å². The number of para-hydroxylation sites is 1. The van der Waals surface area contributed by atoms with Crippen molar-refractivity contribution in [3.63, 3.8) is 0 Å². The fourth-order valence-corrected chi connectivity index (χ4v) is 4.86. The van der Waals surface area contributed by atoms with Crippen molar-refractivity contribution >= 4 is 16.9 Å². The molecular formula is C33H26F3NO3. The minimum absolute atomic E-state index is 0.0567. The molecule has 1 heterocycles. The molecule has 4 nitrogen and oxygen atoms in total. The molecule has 1 atom stereocenters. The van der Waals surface area contributed by atoms with E-state index in [4.69, 9.17) is 9.84 Å². The van der Waals surface area contributed by atoms with E-state index in [2.05, 4.69) is 4.98 Å². The number of carbonyl (C=O) groups is 1. The molecule has 1 aromatic heterocycles. The van der Waals surface area contributed by atoms with Crippen molar-refractivity contribution in [2.75, 3.05) is 0 Å². The normalized spacial score (nSPS) is 12.3. The highest BCUT2D eigenvalue weighted by molar-refractivity contribution is 5.98. The molecule has 4 aromatic carbocycles. The fourth-order valence-electron chi connectivity index (χ4n) is 4.86. The average molecular weight is 542 g/mol. The van der Waals surface area contributed by atoms with E-state index in [1.54, 1.807) is 24.3 Å². The lowest BCUT2D eigenvalue weighted by atomic mass is 9.91.